The Morgan fingerprint density at radius 2 is 1.74 bits per heavy atom. The molecule has 0 unspecified atom stereocenters. The van der Waals surface area contributed by atoms with Crippen molar-refractivity contribution in [3.05, 3.63) is 24.0 Å². The molecule has 4 nitrogen and oxygen atoms in total. The van der Waals surface area contributed by atoms with Gasteiger partial charge >= 0.3 is 0 Å². The third-order valence-electron chi connectivity index (χ3n) is 5.77. The predicted octanol–water partition coefficient (Wildman–Crippen LogP) is 4.77. The van der Waals surface area contributed by atoms with Gasteiger partial charge in [0.1, 0.15) is 5.82 Å². The first kappa shape index (κ1) is 15.0. The zero-order valence-electron chi connectivity index (χ0n) is 14.0. The van der Waals surface area contributed by atoms with E-state index in [1.54, 1.807) is 0 Å². The highest BCUT2D eigenvalue weighted by atomic mass is 15.3. The van der Waals surface area contributed by atoms with E-state index in [9.17, 15) is 0 Å². The maximum atomic E-state index is 4.65. The van der Waals surface area contributed by atoms with Crippen LogP contribution in [0.3, 0.4) is 0 Å². The minimum atomic E-state index is 0.655. The van der Waals surface area contributed by atoms with Gasteiger partial charge < -0.3 is 5.32 Å². The van der Waals surface area contributed by atoms with Gasteiger partial charge in [-0.1, -0.05) is 38.5 Å². The lowest BCUT2D eigenvalue weighted by molar-refractivity contribution is 0.373. The van der Waals surface area contributed by atoms with Gasteiger partial charge in [0, 0.05) is 18.3 Å². The van der Waals surface area contributed by atoms with Crippen LogP contribution >= 0.6 is 0 Å². The Balaban J connectivity index is 1.52. The Labute approximate surface area is 138 Å². The van der Waals surface area contributed by atoms with E-state index >= 15 is 0 Å². The fourth-order valence-corrected chi connectivity index (χ4v) is 4.38. The zero-order chi connectivity index (χ0) is 15.5. The molecule has 0 saturated heterocycles. The maximum Gasteiger partial charge on any atom is 0.160 e. The molecule has 0 radical (unpaired) electrons. The second-order valence-corrected chi connectivity index (χ2v) is 7.39. The van der Waals surface area contributed by atoms with E-state index in [0.717, 1.165) is 23.9 Å². The lowest BCUT2D eigenvalue weighted by atomic mass is 9.85. The Morgan fingerprint density at radius 1 is 1.00 bits per heavy atom. The van der Waals surface area contributed by atoms with Crippen LogP contribution in [0.1, 0.15) is 75.7 Å². The minimum absolute atomic E-state index is 0.655. The molecule has 23 heavy (non-hydrogen) atoms. The molecule has 0 aromatic carbocycles. The van der Waals surface area contributed by atoms with Gasteiger partial charge in [0.15, 0.2) is 5.65 Å². The molecule has 2 fully saturated rings. The third kappa shape index (κ3) is 3.22. The minimum Gasteiger partial charge on any atom is -0.370 e. The molecule has 4 heteroatoms. The van der Waals surface area contributed by atoms with Crippen molar-refractivity contribution >= 4 is 11.5 Å². The first-order valence-electron chi connectivity index (χ1n) is 9.48. The van der Waals surface area contributed by atoms with Gasteiger partial charge in [0.2, 0.25) is 0 Å². The monoisotopic (exact) mass is 312 g/mol. The number of aromatic nitrogens is 3. The SMILES string of the molecule is c1cc(NCC2CCCCC2)n2ncc(C3CCCCC3)c2n1. The van der Waals surface area contributed by atoms with Crippen molar-refractivity contribution in [2.24, 2.45) is 5.92 Å². The van der Waals surface area contributed by atoms with Crippen LogP contribution in [-0.2, 0) is 0 Å². The van der Waals surface area contributed by atoms with Crippen LogP contribution in [-0.4, -0.2) is 21.1 Å². The Hall–Kier alpha value is -1.58. The number of nitrogens with one attached hydrogen (secondary N) is 1. The molecule has 2 heterocycles. The summed E-state index contributed by atoms with van der Waals surface area (Å²) in [6.07, 6.45) is 17.6. The summed E-state index contributed by atoms with van der Waals surface area (Å²) in [5, 5.41) is 8.28. The van der Waals surface area contributed by atoms with E-state index in [1.807, 2.05) is 10.7 Å². The number of hydrogen-bond acceptors (Lipinski definition) is 3. The number of anilines is 1. The number of fused-ring (bicyclic) bond motifs is 1. The van der Waals surface area contributed by atoms with Gasteiger partial charge in [-0.3, -0.25) is 0 Å². The Kier molecular flexibility index (Phi) is 4.49. The van der Waals surface area contributed by atoms with Gasteiger partial charge in [0.25, 0.3) is 0 Å². The maximum absolute atomic E-state index is 4.65. The first-order valence-corrected chi connectivity index (χ1v) is 9.48. The van der Waals surface area contributed by atoms with Crippen molar-refractivity contribution in [3.8, 4) is 0 Å². The van der Waals surface area contributed by atoms with Crippen LogP contribution in [0, 0.1) is 5.92 Å². The lowest BCUT2D eigenvalue weighted by Gasteiger charge is -2.22. The standard InChI is InChI=1S/C19H28N4/c1-3-7-15(8-4-1)13-21-18-11-12-20-19-17(14-22-23(18)19)16-9-5-2-6-10-16/h11-12,14-16,21H,1-10,13H2. The average molecular weight is 312 g/mol. The highest BCUT2D eigenvalue weighted by molar-refractivity contribution is 5.54. The molecule has 2 aromatic rings. The van der Waals surface area contributed by atoms with Gasteiger partial charge in [0.05, 0.1) is 6.20 Å². The smallest absolute Gasteiger partial charge is 0.160 e. The first-order chi connectivity index (χ1) is 11.4. The molecule has 0 atom stereocenters. The summed E-state index contributed by atoms with van der Waals surface area (Å²) in [5.41, 5.74) is 2.41. The molecule has 0 bridgehead atoms. The third-order valence-corrected chi connectivity index (χ3v) is 5.77. The fraction of sp³-hybridized carbons (Fsp3) is 0.684. The van der Waals surface area contributed by atoms with Crippen molar-refractivity contribution < 1.29 is 0 Å². The second-order valence-electron chi connectivity index (χ2n) is 7.39. The van der Waals surface area contributed by atoms with E-state index in [1.165, 1.54) is 69.8 Å². The van der Waals surface area contributed by atoms with Crippen molar-refractivity contribution in [1.29, 1.82) is 0 Å². The summed E-state index contributed by atoms with van der Waals surface area (Å²) in [4.78, 5) is 4.63. The summed E-state index contributed by atoms with van der Waals surface area (Å²) in [7, 11) is 0. The topological polar surface area (TPSA) is 42.2 Å². The average Bonchev–Trinajstić information content (AvgIpc) is 3.06. The molecule has 2 aliphatic rings. The molecule has 1 N–H and O–H groups in total. The summed E-state index contributed by atoms with van der Waals surface area (Å²) in [6.45, 7) is 1.07. The quantitative estimate of drug-likeness (QED) is 0.884. The van der Waals surface area contributed by atoms with Crippen molar-refractivity contribution in [1.82, 2.24) is 14.6 Å². The molecule has 2 saturated carbocycles. The normalized spacial score (nSPS) is 20.9. The van der Waals surface area contributed by atoms with Crippen LogP contribution in [0.5, 0.6) is 0 Å². The summed E-state index contributed by atoms with van der Waals surface area (Å²) < 4.78 is 2.02. The van der Waals surface area contributed by atoms with Gasteiger partial charge in [-0.05, 0) is 43.6 Å². The van der Waals surface area contributed by atoms with Crippen LogP contribution in [0.15, 0.2) is 18.5 Å². The van der Waals surface area contributed by atoms with E-state index in [4.69, 9.17) is 0 Å². The molecule has 2 aromatic heterocycles. The molecular weight excluding hydrogens is 284 g/mol. The lowest BCUT2D eigenvalue weighted by Crippen LogP contribution is -2.18. The van der Waals surface area contributed by atoms with Crippen molar-refractivity contribution in [2.45, 2.75) is 70.1 Å². The van der Waals surface area contributed by atoms with Crippen LogP contribution in [0.25, 0.3) is 5.65 Å². The van der Waals surface area contributed by atoms with Crippen LogP contribution in [0.4, 0.5) is 5.82 Å². The van der Waals surface area contributed by atoms with E-state index in [0.29, 0.717) is 5.92 Å². The van der Waals surface area contributed by atoms with E-state index in [2.05, 4.69) is 27.7 Å². The molecule has 0 amide bonds. The van der Waals surface area contributed by atoms with Crippen molar-refractivity contribution in [3.63, 3.8) is 0 Å². The predicted molar refractivity (Wildman–Crippen MR) is 93.9 cm³/mol. The van der Waals surface area contributed by atoms with Crippen LogP contribution < -0.4 is 5.32 Å². The number of hydrogen-bond donors (Lipinski definition) is 1. The summed E-state index contributed by atoms with van der Waals surface area (Å²) >= 11 is 0. The molecule has 0 aliphatic heterocycles. The Morgan fingerprint density at radius 3 is 2.52 bits per heavy atom. The molecule has 2 aliphatic carbocycles. The zero-order valence-corrected chi connectivity index (χ0v) is 14.0. The van der Waals surface area contributed by atoms with Gasteiger partial charge in [-0.25, -0.2) is 4.98 Å². The largest absolute Gasteiger partial charge is 0.370 e. The molecule has 124 valence electrons. The summed E-state index contributed by atoms with van der Waals surface area (Å²) in [5.74, 6) is 2.57. The Bertz CT molecular complexity index is 636. The molecule has 4 rings (SSSR count). The fourth-order valence-electron chi connectivity index (χ4n) is 4.38. The van der Waals surface area contributed by atoms with E-state index < -0.39 is 0 Å². The van der Waals surface area contributed by atoms with Crippen LogP contribution in [0.2, 0.25) is 0 Å². The van der Waals surface area contributed by atoms with E-state index in [-0.39, 0.29) is 0 Å². The number of rotatable bonds is 4. The second kappa shape index (κ2) is 6.90. The number of nitrogens with zero attached hydrogens (tertiary/aromatic N) is 3. The molecular formula is C19H28N4. The highest BCUT2D eigenvalue weighted by Crippen LogP contribution is 2.34. The van der Waals surface area contributed by atoms with Gasteiger partial charge in [-0.2, -0.15) is 9.61 Å². The molecule has 0 spiro atoms. The highest BCUT2D eigenvalue weighted by Gasteiger charge is 2.21. The summed E-state index contributed by atoms with van der Waals surface area (Å²) in [6, 6.07) is 2.06. The van der Waals surface area contributed by atoms with Crippen molar-refractivity contribution in [2.75, 3.05) is 11.9 Å². The van der Waals surface area contributed by atoms with Gasteiger partial charge in [-0.15, -0.1) is 0 Å².